The van der Waals surface area contributed by atoms with Crippen LogP contribution in [0, 0.1) is 16.0 Å². The second-order valence-electron chi connectivity index (χ2n) is 5.20. The molecule has 0 spiro atoms. The van der Waals surface area contributed by atoms with Gasteiger partial charge in [0.2, 0.25) is 5.91 Å². The van der Waals surface area contributed by atoms with Gasteiger partial charge in [-0.05, 0) is 66.3 Å². The molecule has 2 rings (SSSR count). The third-order valence-electron chi connectivity index (χ3n) is 3.67. The summed E-state index contributed by atoms with van der Waals surface area (Å²) < 4.78 is 0.364. The average Bonchev–Trinajstić information content (AvgIpc) is 2.46. The lowest BCUT2D eigenvalue weighted by Crippen LogP contribution is -2.28. The van der Waals surface area contributed by atoms with Gasteiger partial charge in [-0.1, -0.05) is 0 Å². The van der Waals surface area contributed by atoms with E-state index < -0.39 is 4.92 Å². The SMILES string of the molecule is O=C(CCC1CCNCC1)Nc1ccc([N+](=O)[O-])c(Br)c1. The Morgan fingerprint density at radius 1 is 1.43 bits per heavy atom. The summed E-state index contributed by atoms with van der Waals surface area (Å²) in [5, 5.41) is 16.8. The molecule has 1 aliphatic heterocycles. The van der Waals surface area contributed by atoms with Crippen LogP contribution in [0.5, 0.6) is 0 Å². The summed E-state index contributed by atoms with van der Waals surface area (Å²) in [5.41, 5.74) is 0.561. The number of carbonyl (C=O) groups is 1. The van der Waals surface area contributed by atoms with Crippen molar-refractivity contribution in [2.75, 3.05) is 18.4 Å². The van der Waals surface area contributed by atoms with Crippen LogP contribution in [0.3, 0.4) is 0 Å². The summed E-state index contributed by atoms with van der Waals surface area (Å²) in [6.07, 6.45) is 3.62. The number of carbonyl (C=O) groups excluding carboxylic acids is 1. The maximum Gasteiger partial charge on any atom is 0.283 e. The first kappa shape index (κ1) is 15.9. The molecule has 2 N–H and O–H groups in total. The van der Waals surface area contributed by atoms with Crippen molar-refractivity contribution in [3.63, 3.8) is 0 Å². The molecule has 1 aromatic carbocycles. The topological polar surface area (TPSA) is 84.3 Å². The van der Waals surface area contributed by atoms with Gasteiger partial charge in [-0.15, -0.1) is 0 Å². The van der Waals surface area contributed by atoms with E-state index in [2.05, 4.69) is 26.6 Å². The first-order chi connectivity index (χ1) is 10.1. The van der Waals surface area contributed by atoms with Crippen LogP contribution >= 0.6 is 15.9 Å². The van der Waals surface area contributed by atoms with Crippen molar-refractivity contribution in [3.05, 3.63) is 32.8 Å². The molecule has 6 nitrogen and oxygen atoms in total. The average molecular weight is 356 g/mol. The molecular formula is C14H18BrN3O3. The van der Waals surface area contributed by atoms with Crippen molar-refractivity contribution in [2.45, 2.75) is 25.7 Å². The fraction of sp³-hybridized carbons (Fsp3) is 0.500. The molecule has 114 valence electrons. The molecule has 0 radical (unpaired) electrons. The number of halogens is 1. The number of nitro benzene ring substituents is 1. The number of benzene rings is 1. The van der Waals surface area contributed by atoms with Crippen LogP contribution in [0.15, 0.2) is 22.7 Å². The van der Waals surface area contributed by atoms with Gasteiger partial charge in [0, 0.05) is 18.2 Å². The zero-order chi connectivity index (χ0) is 15.2. The molecule has 1 aromatic rings. The third kappa shape index (κ3) is 4.78. The molecule has 0 bridgehead atoms. The van der Waals surface area contributed by atoms with Crippen molar-refractivity contribution < 1.29 is 9.72 Å². The maximum atomic E-state index is 11.9. The Morgan fingerprint density at radius 3 is 2.76 bits per heavy atom. The predicted molar refractivity (Wildman–Crippen MR) is 84.3 cm³/mol. The van der Waals surface area contributed by atoms with Gasteiger partial charge in [-0.25, -0.2) is 0 Å². The van der Waals surface area contributed by atoms with E-state index in [9.17, 15) is 14.9 Å². The highest BCUT2D eigenvalue weighted by molar-refractivity contribution is 9.10. The van der Waals surface area contributed by atoms with Crippen LogP contribution in [0.1, 0.15) is 25.7 Å². The molecule has 1 saturated heterocycles. The molecule has 1 amide bonds. The number of nitro groups is 1. The van der Waals surface area contributed by atoms with E-state index in [4.69, 9.17) is 0 Å². The number of nitrogens with zero attached hydrogens (tertiary/aromatic N) is 1. The van der Waals surface area contributed by atoms with E-state index in [1.807, 2.05) is 0 Å². The highest BCUT2D eigenvalue weighted by atomic mass is 79.9. The summed E-state index contributed by atoms with van der Waals surface area (Å²) >= 11 is 3.14. The normalized spacial score (nSPS) is 15.7. The lowest BCUT2D eigenvalue weighted by molar-refractivity contribution is -0.385. The number of piperidine rings is 1. The second-order valence-corrected chi connectivity index (χ2v) is 6.06. The minimum Gasteiger partial charge on any atom is -0.326 e. The van der Waals surface area contributed by atoms with Gasteiger partial charge in [-0.2, -0.15) is 0 Å². The Morgan fingerprint density at radius 2 is 2.14 bits per heavy atom. The molecule has 0 aliphatic carbocycles. The Hall–Kier alpha value is -1.47. The summed E-state index contributed by atoms with van der Waals surface area (Å²) in [6.45, 7) is 2.06. The van der Waals surface area contributed by atoms with Crippen molar-refractivity contribution in [2.24, 2.45) is 5.92 Å². The number of hydrogen-bond acceptors (Lipinski definition) is 4. The van der Waals surface area contributed by atoms with Crippen LogP contribution in [0.25, 0.3) is 0 Å². The van der Waals surface area contributed by atoms with Crippen molar-refractivity contribution >= 4 is 33.2 Å². The number of nitrogens with one attached hydrogen (secondary N) is 2. The molecule has 1 heterocycles. The van der Waals surface area contributed by atoms with E-state index in [-0.39, 0.29) is 11.6 Å². The standard InChI is InChI=1S/C14H18BrN3O3/c15-12-9-11(2-3-13(12)18(20)21)17-14(19)4-1-10-5-7-16-8-6-10/h2-3,9-10,16H,1,4-8H2,(H,17,19). The van der Waals surface area contributed by atoms with Crippen LogP contribution in [0.2, 0.25) is 0 Å². The summed E-state index contributed by atoms with van der Waals surface area (Å²) in [6, 6.07) is 4.48. The zero-order valence-electron chi connectivity index (χ0n) is 11.6. The lowest BCUT2D eigenvalue weighted by Gasteiger charge is -2.22. The molecule has 0 saturated carbocycles. The molecular weight excluding hydrogens is 338 g/mol. The maximum absolute atomic E-state index is 11.9. The quantitative estimate of drug-likeness (QED) is 0.627. The Kier molecular flexibility index (Phi) is 5.69. The van der Waals surface area contributed by atoms with Crippen molar-refractivity contribution in [3.8, 4) is 0 Å². The molecule has 1 fully saturated rings. The van der Waals surface area contributed by atoms with Crippen LogP contribution < -0.4 is 10.6 Å². The number of amides is 1. The Balaban J connectivity index is 1.84. The zero-order valence-corrected chi connectivity index (χ0v) is 13.2. The predicted octanol–water partition coefficient (Wildman–Crippen LogP) is 3.08. The van der Waals surface area contributed by atoms with Gasteiger partial charge in [0.05, 0.1) is 9.40 Å². The van der Waals surface area contributed by atoms with E-state index >= 15 is 0 Å². The second kappa shape index (κ2) is 7.51. The first-order valence-electron chi connectivity index (χ1n) is 7.01. The summed E-state index contributed by atoms with van der Waals surface area (Å²) in [4.78, 5) is 22.2. The Bertz CT molecular complexity index is 530. The third-order valence-corrected chi connectivity index (χ3v) is 4.30. The van der Waals surface area contributed by atoms with E-state index in [0.717, 1.165) is 32.4 Å². The molecule has 1 aliphatic rings. The summed E-state index contributed by atoms with van der Waals surface area (Å²) in [5.74, 6) is 0.565. The van der Waals surface area contributed by atoms with E-state index in [0.29, 0.717) is 22.5 Å². The lowest BCUT2D eigenvalue weighted by atomic mass is 9.93. The van der Waals surface area contributed by atoms with E-state index in [1.54, 1.807) is 12.1 Å². The fourth-order valence-corrected chi connectivity index (χ4v) is 2.99. The molecule has 21 heavy (non-hydrogen) atoms. The van der Waals surface area contributed by atoms with Gasteiger partial charge in [0.1, 0.15) is 0 Å². The number of hydrogen-bond donors (Lipinski definition) is 2. The van der Waals surface area contributed by atoms with Gasteiger partial charge >= 0.3 is 0 Å². The molecule has 0 unspecified atom stereocenters. The van der Waals surface area contributed by atoms with Gasteiger partial charge < -0.3 is 10.6 Å². The smallest absolute Gasteiger partial charge is 0.283 e. The van der Waals surface area contributed by atoms with Gasteiger partial charge in [0.25, 0.3) is 5.69 Å². The van der Waals surface area contributed by atoms with Crippen LogP contribution in [-0.4, -0.2) is 23.9 Å². The monoisotopic (exact) mass is 355 g/mol. The number of anilines is 1. The fourth-order valence-electron chi connectivity index (χ4n) is 2.46. The highest BCUT2D eigenvalue weighted by Gasteiger charge is 2.16. The largest absolute Gasteiger partial charge is 0.326 e. The molecule has 7 heteroatoms. The van der Waals surface area contributed by atoms with Gasteiger partial charge in [0.15, 0.2) is 0 Å². The minimum atomic E-state index is -0.465. The van der Waals surface area contributed by atoms with E-state index in [1.165, 1.54) is 6.07 Å². The van der Waals surface area contributed by atoms with Crippen molar-refractivity contribution in [1.29, 1.82) is 0 Å². The molecule has 0 aromatic heterocycles. The Labute approximate surface area is 131 Å². The summed E-state index contributed by atoms with van der Waals surface area (Å²) in [7, 11) is 0. The van der Waals surface area contributed by atoms with Gasteiger partial charge in [-0.3, -0.25) is 14.9 Å². The first-order valence-corrected chi connectivity index (χ1v) is 7.80. The number of rotatable bonds is 5. The molecule has 0 atom stereocenters. The minimum absolute atomic E-state index is 0.0114. The highest BCUT2D eigenvalue weighted by Crippen LogP contribution is 2.28. The van der Waals surface area contributed by atoms with Crippen LogP contribution in [0.4, 0.5) is 11.4 Å². The van der Waals surface area contributed by atoms with Crippen LogP contribution in [-0.2, 0) is 4.79 Å². The van der Waals surface area contributed by atoms with Crippen molar-refractivity contribution in [1.82, 2.24) is 5.32 Å².